The molecule has 0 radical (unpaired) electrons. The first-order valence-corrected chi connectivity index (χ1v) is 6.67. The maximum atomic E-state index is 12.1. The zero-order chi connectivity index (χ0) is 15.2. The van der Waals surface area contributed by atoms with Crippen molar-refractivity contribution in [3.8, 4) is 0 Å². The topological polar surface area (TPSA) is 88.3 Å². The van der Waals surface area contributed by atoms with E-state index in [-0.39, 0.29) is 30.4 Å². The van der Waals surface area contributed by atoms with Crippen molar-refractivity contribution in [1.29, 1.82) is 0 Å². The van der Waals surface area contributed by atoms with Crippen LogP contribution in [-0.4, -0.2) is 30.0 Å². The van der Waals surface area contributed by atoms with Gasteiger partial charge in [-0.3, -0.25) is 14.4 Å². The van der Waals surface area contributed by atoms with Crippen molar-refractivity contribution in [3.63, 3.8) is 0 Å². The van der Waals surface area contributed by atoms with Crippen molar-refractivity contribution in [2.24, 2.45) is 0 Å². The molecule has 2 rings (SSSR count). The van der Waals surface area contributed by atoms with Gasteiger partial charge < -0.3 is 15.0 Å². The van der Waals surface area contributed by atoms with Gasteiger partial charge in [0, 0.05) is 23.5 Å². The molecule has 0 unspecified atom stereocenters. The monoisotopic (exact) mass is 288 g/mol. The Morgan fingerprint density at radius 2 is 2.05 bits per heavy atom. The van der Waals surface area contributed by atoms with Gasteiger partial charge in [-0.15, -0.1) is 0 Å². The number of ether oxygens (including phenoxy) is 1. The summed E-state index contributed by atoms with van der Waals surface area (Å²) in [5.74, 6) is -0.754. The Labute approximate surface area is 121 Å². The quantitative estimate of drug-likeness (QED) is 0.809. The van der Waals surface area contributed by atoms with Gasteiger partial charge in [0.05, 0.1) is 18.6 Å². The second-order valence-corrected chi connectivity index (χ2v) is 4.40. The molecule has 1 aromatic carbocycles. The van der Waals surface area contributed by atoms with Crippen LogP contribution >= 0.6 is 0 Å². The number of para-hydroxylation sites is 1. The molecule has 0 saturated carbocycles. The molecule has 0 bridgehead atoms. The molecule has 0 saturated heterocycles. The molecule has 0 aliphatic carbocycles. The molecule has 1 aromatic heterocycles. The lowest BCUT2D eigenvalue weighted by atomic mass is 10.1. The number of aromatic nitrogens is 1. The molecule has 21 heavy (non-hydrogen) atoms. The number of carbonyl (C=O) groups is 2. The number of amides is 1. The van der Waals surface area contributed by atoms with Gasteiger partial charge >= 0.3 is 5.97 Å². The van der Waals surface area contributed by atoms with Gasteiger partial charge in [0.2, 0.25) is 5.56 Å². The number of hydrogen-bond acceptors (Lipinski definition) is 4. The summed E-state index contributed by atoms with van der Waals surface area (Å²) >= 11 is 0. The van der Waals surface area contributed by atoms with E-state index in [1.165, 1.54) is 6.07 Å². The zero-order valence-electron chi connectivity index (χ0n) is 11.6. The van der Waals surface area contributed by atoms with Crippen LogP contribution in [0.15, 0.2) is 35.1 Å². The van der Waals surface area contributed by atoms with Gasteiger partial charge in [0.1, 0.15) is 0 Å². The number of esters is 1. The number of hydrogen-bond donors (Lipinski definition) is 2. The summed E-state index contributed by atoms with van der Waals surface area (Å²) in [6.45, 7) is 2.20. The molecule has 6 nitrogen and oxygen atoms in total. The van der Waals surface area contributed by atoms with Gasteiger partial charge in [0.25, 0.3) is 5.91 Å². The molecule has 0 atom stereocenters. The number of fused-ring (bicyclic) bond motifs is 1. The first-order chi connectivity index (χ1) is 10.1. The minimum Gasteiger partial charge on any atom is -0.466 e. The van der Waals surface area contributed by atoms with Crippen LogP contribution in [0.25, 0.3) is 10.9 Å². The van der Waals surface area contributed by atoms with Crippen LogP contribution in [-0.2, 0) is 9.53 Å². The zero-order valence-corrected chi connectivity index (χ0v) is 11.6. The standard InChI is InChI=1S/C15H16N2O4/c1-2-21-14(19)7-8-16-15(20)11-9-13(18)17-12-6-4-3-5-10(11)12/h3-6,9H,2,7-8H2,1H3,(H,16,20)(H,17,18). The van der Waals surface area contributed by atoms with Crippen molar-refractivity contribution in [1.82, 2.24) is 10.3 Å². The molecule has 0 spiro atoms. The van der Waals surface area contributed by atoms with Gasteiger partial charge in [-0.25, -0.2) is 0 Å². The lowest BCUT2D eigenvalue weighted by Crippen LogP contribution is -2.27. The van der Waals surface area contributed by atoms with E-state index in [0.717, 1.165) is 0 Å². The Balaban J connectivity index is 2.13. The second kappa shape index (κ2) is 6.69. The largest absolute Gasteiger partial charge is 0.466 e. The van der Waals surface area contributed by atoms with Crippen molar-refractivity contribution in [2.45, 2.75) is 13.3 Å². The third kappa shape index (κ3) is 3.68. The predicted octanol–water partition coefficient (Wildman–Crippen LogP) is 1.21. The summed E-state index contributed by atoms with van der Waals surface area (Å²) in [5, 5.41) is 3.27. The number of pyridine rings is 1. The number of nitrogens with one attached hydrogen (secondary N) is 2. The number of benzene rings is 1. The Hall–Kier alpha value is -2.63. The normalized spacial score (nSPS) is 10.3. The highest BCUT2D eigenvalue weighted by Crippen LogP contribution is 2.14. The third-order valence-electron chi connectivity index (χ3n) is 2.92. The van der Waals surface area contributed by atoms with Crippen molar-refractivity contribution in [3.05, 3.63) is 46.2 Å². The molecule has 2 N–H and O–H groups in total. The van der Waals surface area contributed by atoms with Crippen LogP contribution < -0.4 is 10.9 Å². The lowest BCUT2D eigenvalue weighted by molar-refractivity contribution is -0.142. The van der Waals surface area contributed by atoms with Crippen molar-refractivity contribution in [2.75, 3.05) is 13.2 Å². The highest BCUT2D eigenvalue weighted by atomic mass is 16.5. The van der Waals surface area contributed by atoms with Gasteiger partial charge in [-0.1, -0.05) is 18.2 Å². The Morgan fingerprint density at radius 3 is 2.81 bits per heavy atom. The fraction of sp³-hybridized carbons (Fsp3) is 0.267. The average molecular weight is 288 g/mol. The van der Waals surface area contributed by atoms with Crippen molar-refractivity contribution < 1.29 is 14.3 Å². The second-order valence-electron chi connectivity index (χ2n) is 4.40. The molecule has 110 valence electrons. The average Bonchev–Trinajstić information content (AvgIpc) is 2.46. The van der Waals surface area contributed by atoms with Crippen LogP contribution in [0, 0.1) is 0 Å². The van der Waals surface area contributed by atoms with E-state index < -0.39 is 0 Å². The summed E-state index contributed by atoms with van der Waals surface area (Å²) in [6, 6.07) is 8.30. The number of rotatable bonds is 5. The SMILES string of the molecule is CCOC(=O)CCNC(=O)c1cc(=O)[nH]c2ccccc12. The molecule has 0 aliphatic rings. The summed E-state index contributed by atoms with van der Waals surface area (Å²) in [7, 11) is 0. The van der Waals surface area contributed by atoms with Gasteiger partial charge in [0.15, 0.2) is 0 Å². The summed E-state index contributed by atoms with van der Waals surface area (Å²) in [5.41, 5.74) is 0.544. The minimum absolute atomic E-state index is 0.0979. The first kappa shape index (κ1) is 14.8. The Morgan fingerprint density at radius 1 is 1.29 bits per heavy atom. The minimum atomic E-state index is -0.387. The van der Waals surface area contributed by atoms with Crippen molar-refractivity contribution >= 4 is 22.8 Å². The molecule has 6 heteroatoms. The van der Waals surface area contributed by atoms with Gasteiger partial charge in [-0.2, -0.15) is 0 Å². The van der Waals surface area contributed by atoms with E-state index in [1.54, 1.807) is 31.2 Å². The molecule has 0 aliphatic heterocycles. The maximum Gasteiger partial charge on any atom is 0.307 e. The molecule has 1 amide bonds. The fourth-order valence-electron chi connectivity index (χ4n) is 2.00. The number of carbonyl (C=O) groups excluding carboxylic acids is 2. The van der Waals surface area contributed by atoms with Gasteiger partial charge in [-0.05, 0) is 13.0 Å². The predicted molar refractivity (Wildman–Crippen MR) is 78.2 cm³/mol. The van der Waals surface area contributed by atoms with E-state index in [4.69, 9.17) is 4.74 Å². The summed E-state index contributed by atoms with van der Waals surface area (Å²) in [6.07, 6.45) is 0.0979. The van der Waals surface area contributed by atoms with Crippen LogP contribution in [0.2, 0.25) is 0 Å². The molecule has 0 fully saturated rings. The van der Waals surface area contributed by atoms with E-state index in [0.29, 0.717) is 23.1 Å². The fourth-order valence-corrected chi connectivity index (χ4v) is 2.00. The summed E-state index contributed by atoms with van der Waals surface area (Å²) in [4.78, 5) is 37.6. The maximum absolute atomic E-state index is 12.1. The van der Waals surface area contributed by atoms with E-state index >= 15 is 0 Å². The van der Waals surface area contributed by atoms with E-state index in [9.17, 15) is 14.4 Å². The van der Waals surface area contributed by atoms with E-state index in [1.807, 2.05) is 0 Å². The van der Waals surface area contributed by atoms with Crippen LogP contribution in [0.3, 0.4) is 0 Å². The van der Waals surface area contributed by atoms with E-state index in [2.05, 4.69) is 10.3 Å². The molecule has 2 aromatic rings. The Bertz CT molecular complexity index is 721. The highest BCUT2D eigenvalue weighted by molar-refractivity contribution is 6.05. The van der Waals surface area contributed by atoms with Crippen LogP contribution in [0.4, 0.5) is 0 Å². The van der Waals surface area contributed by atoms with Crippen LogP contribution in [0.1, 0.15) is 23.7 Å². The number of aromatic amines is 1. The molecular formula is C15H16N2O4. The first-order valence-electron chi connectivity index (χ1n) is 6.67. The van der Waals surface area contributed by atoms with Crippen LogP contribution in [0.5, 0.6) is 0 Å². The lowest BCUT2D eigenvalue weighted by Gasteiger charge is -2.07. The summed E-state index contributed by atoms with van der Waals surface area (Å²) < 4.78 is 4.77. The number of H-pyrrole nitrogens is 1. The third-order valence-corrected chi connectivity index (χ3v) is 2.92. The molecule has 1 heterocycles. The Kier molecular flexibility index (Phi) is 4.71. The molecular weight excluding hydrogens is 272 g/mol. The highest BCUT2D eigenvalue weighted by Gasteiger charge is 2.11. The smallest absolute Gasteiger partial charge is 0.307 e.